The van der Waals surface area contributed by atoms with Crippen LogP contribution in [0.4, 0.5) is 0 Å². The SMILES string of the molecule is COCC(CCO)NC(C)c1c(O)cccc1O. The average Bonchev–Trinajstić information content (AvgIpc) is 2.29. The smallest absolute Gasteiger partial charge is 0.124 e. The molecule has 5 nitrogen and oxygen atoms in total. The van der Waals surface area contributed by atoms with Crippen LogP contribution in [0.1, 0.15) is 24.9 Å². The maximum atomic E-state index is 9.75. The summed E-state index contributed by atoms with van der Waals surface area (Å²) in [4.78, 5) is 0. The summed E-state index contributed by atoms with van der Waals surface area (Å²) in [6.45, 7) is 2.36. The van der Waals surface area contributed by atoms with Gasteiger partial charge in [0.1, 0.15) is 11.5 Å². The lowest BCUT2D eigenvalue weighted by Crippen LogP contribution is -2.36. The Balaban J connectivity index is 2.76. The van der Waals surface area contributed by atoms with Gasteiger partial charge in [0.25, 0.3) is 0 Å². The second-order valence-corrected chi connectivity index (χ2v) is 4.26. The van der Waals surface area contributed by atoms with Gasteiger partial charge in [0.15, 0.2) is 0 Å². The van der Waals surface area contributed by atoms with Gasteiger partial charge in [-0.15, -0.1) is 0 Å². The van der Waals surface area contributed by atoms with Crippen LogP contribution in [0.3, 0.4) is 0 Å². The standard InChI is InChI=1S/C13H21NO4/c1-9(14-10(6-7-15)8-18-2)13-11(16)4-3-5-12(13)17/h3-5,9-10,14-17H,6-8H2,1-2H3. The van der Waals surface area contributed by atoms with Crippen molar-refractivity contribution in [1.82, 2.24) is 5.32 Å². The average molecular weight is 255 g/mol. The first-order valence-corrected chi connectivity index (χ1v) is 5.96. The molecule has 0 heterocycles. The molecule has 0 bridgehead atoms. The molecule has 1 aromatic rings. The van der Waals surface area contributed by atoms with E-state index in [-0.39, 0.29) is 30.2 Å². The molecule has 4 N–H and O–H groups in total. The van der Waals surface area contributed by atoms with Crippen LogP contribution in [0.5, 0.6) is 11.5 Å². The second kappa shape index (κ2) is 7.20. The number of hydrogen-bond acceptors (Lipinski definition) is 5. The van der Waals surface area contributed by atoms with Gasteiger partial charge in [0, 0.05) is 25.8 Å². The number of phenolic OH excluding ortho intramolecular Hbond substituents is 2. The zero-order valence-corrected chi connectivity index (χ0v) is 10.8. The number of benzene rings is 1. The van der Waals surface area contributed by atoms with Crippen LogP contribution in [0.15, 0.2) is 18.2 Å². The highest BCUT2D eigenvalue weighted by atomic mass is 16.5. The summed E-state index contributed by atoms with van der Waals surface area (Å²) in [5.41, 5.74) is 0.455. The van der Waals surface area contributed by atoms with Crippen molar-refractivity contribution in [3.63, 3.8) is 0 Å². The normalized spacial score (nSPS) is 14.4. The fraction of sp³-hybridized carbons (Fsp3) is 0.538. The predicted molar refractivity (Wildman–Crippen MR) is 68.7 cm³/mol. The number of methoxy groups -OCH3 is 1. The fourth-order valence-corrected chi connectivity index (χ4v) is 1.99. The molecule has 0 saturated carbocycles. The Kier molecular flexibility index (Phi) is 5.91. The summed E-state index contributed by atoms with van der Waals surface area (Å²) in [5.74, 6) is 0.102. The predicted octanol–water partition coefficient (Wildman–Crippen LogP) is 1.15. The van der Waals surface area contributed by atoms with Gasteiger partial charge in [-0.05, 0) is 25.5 Å². The molecule has 2 atom stereocenters. The summed E-state index contributed by atoms with van der Waals surface area (Å²) in [6.07, 6.45) is 0.548. The summed E-state index contributed by atoms with van der Waals surface area (Å²) < 4.78 is 5.06. The maximum absolute atomic E-state index is 9.75. The summed E-state index contributed by atoms with van der Waals surface area (Å²) in [7, 11) is 1.59. The zero-order valence-electron chi connectivity index (χ0n) is 10.8. The number of phenols is 2. The number of rotatable bonds is 7. The lowest BCUT2D eigenvalue weighted by atomic mass is 10.0. The molecule has 0 aliphatic heterocycles. The van der Waals surface area contributed by atoms with Crippen molar-refractivity contribution in [2.24, 2.45) is 0 Å². The molecule has 5 heteroatoms. The number of aromatic hydroxyl groups is 2. The largest absolute Gasteiger partial charge is 0.507 e. The highest BCUT2D eigenvalue weighted by Gasteiger charge is 2.18. The van der Waals surface area contributed by atoms with Crippen LogP contribution in [0, 0.1) is 0 Å². The van der Waals surface area contributed by atoms with Gasteiger partial charge in [-0.1, -0.05) is 6.07 Å². The topological polar surface area (TPSA) is 82.0 Å². The van der Waals surface area contributed by atoms with Gasteiger partial charge >= 0.3 is 0 Å². The van der Waals surface area contributed by atoms with Crippen molar-refractivity contribution in [2.45, 2.75) is 25.4 Å². The lowest BCUT2D eigenvalue weighted by Gasteiger charge is -2.23. The van der Waals surface area contributed by atoms with Crippen molar-refractivity contribution >= 4 is 0 Å². The van der Waals surface area contributed by atoms with Gasteiger partial charge in [-0.3, -0.25) is 0 Å². The lowest BCUT2D eigenvalue weighted by molar-refractivity contribution is 0.143. The molecule has 0 fully saturated rings. The van der Waals surface area contributed by atoms with Crippen LogP contribution >= 0.6 is 0 Å². The Morgan fingerprint density at radius 1 is 1.28 bits per heavy atom. The number of ether oxygens (including phenoxy) is 1. The van der Waals surface area contributed by atoms with E-state index in [4.69, 9.17) is 9.84 Å². The minimum Gasteiger partial charge on any atom is -0.507 e. The van der Waals surface area contributed by atoms with E-state index in [2.05, 4.69) is 5.32 Å². The van der Waals surface area contributed by atoms with E-state index in [0.29, 0.717) is 18.6 Å². The maximum Gasteiger partial charge on any atom is 0.124 e. The van der Waals surface area contributed by atoms with E-state index in [9.17, 15) is 10.2 Å². The molecule has 0 radical (unpaired) electrons. The summed E-state index contributed by atoms with van der Waals surface area (Å²) >= 11 is 0. The van der Waals surface area contributed by atoms with Crippen molar-refractivity contribution < 1.29 is 20.1 Å². The van der Waals surface area contributed by atoms with Crippen molar-refractivity contribution in [2.75, 3.05) is 20.3 Å². The van der Waals surface area contributed by atoms with Gasteiger partial charge in [0.05, 0.1) is 12.2 Å². The van der Waals surface area contributed by atoms with Crippen molar-refractivity contribution in [1.29, 1.82) is 0 Å². The molecule has 18 heavy (non-hydrogen) atoms. The third-order valence-corrected chi connectivity index (χ3v) is 2.82. The Bertz CT molecular complexity index is 344. The van der Waals surface area contributed by atoms with E-state index >= 15 is 0 Å². The molecule has 0 aromatic heterocycles. The van der Waals surface area contributed by atoms with E-state index in [1.165, 1.54) is 12.1 Å². The molecule has 102 valence electrons. The summed E-state index contributed by atoms with van der Waals surface area (Å²) in [5, 5.41) is 31.7. The molecule has 1 aromatic carbocycles. The Morgan fingerprint density at radius 2 is 1.89 bits per heavy atom. The van der Waals surface area contributed by atoms with Crippen molar-refractivity contribution in [3.05, 3.63) is 23.8 Å². The Hall–Kier alpha value is -1.30. The third kappa shape index (κ3) is 3.87. The number of aliphatic hydroxyl groups is 1. The minimum atomic E-state index is -0.238. The van der Waals surface area contributed by atoms with Gasteiger partial charge in [0.2, 0.25) is 0 Å². The molecule has 1 rings (SSSR count). The first-order valence-electron chi connectivity index (χ1n) is 5.96. The summed E-state index contributed by atoms with van der Waals surface area (Å²) in [6, 6.07) is 4.38. The fourth-order valence-electron chi connectivity index (χ4n) is 1.99. The molecule has 0 aliphatic carbocycles. The third-order valence-electron chi connectivity index (χ3n) is 2.82. The number of aliphatic hydroxyl groups excluding tert-OH is 1. The first kappa shape index (κ1) is 14.8. The molecular weight excluding hydrogens is 234 g/mol. The second-order valence-electron chi connectivity index (χ2n) is 4.26. The molecule has 0 saturated heterocycles. The Labute approximate surface area is 107 Å². The number of nitrogens with one attached hydrogen (secondary N) is 1. The zero-order chi connectivity index (χ0) is 13.5. The van der Waals surface area contributed by atoms with Gasteiger partial charge in [-0.25, -0.2) is 0 Å². The highest BCUT2D eigenvalue weighted by Crippen LogP contribution is 2.32. The minimum absolute atomic E-state index is 0.0333. The molecular formula is C13H21NO4. The molecule has 0 spiro atoms. The Morgan fingerprint density at radius 3 is 2.39 bits per heavy atom. The van der Waals surface area contributed by atoms with Crippen LogP contribution < -0.4 is 5.32 Å². The van der Waals surface area contributed by atoms with E-state index < -0.39 is 0 Å². The van der Waals surface area contributed by atoms with Crippen LogP contribution in [0.2, 0.25) is 0 Å². The van der Waals surface area contributed by atoms with Gasteiger partial charge in [-0.2, -0.15) is 0 Å². The van der Waals surface area contributed by atoms with Crippen LogP contribution in [-0.2, 0) is 4.74 Å². The monoisotopic (exact) mass is 255 g/mol. The van der Waals surface area contributed by atoms with E-state index in [0.717, 1.165) is 0 Å². The quantitative estimate of drug-likeness (QED) is 0.587. The van der Waals surface area contributed by atoms with Crippen LogP contribution in [0.25, 0.3) is 0 Å². The van der Waals surface area contributed by atoms with Crippen molar-refractivity contribution in [3.8, 4) is 11.5 Å². The number of hydrogen-bond donors (Lipinski definition) is 4. The highest BCUT2D eigenvalue weighted by molar-refractivity contribution is 5.44. The molecule has 2 unspecified atom stereocenters. The molecule has 0 aliphatic rings. The molecule has 0 amide bonds. The van der Waals surface area contributed by atoms with E-state index in [1.54, 1.807) is 13.2 Å². The van der Waals surface area contributed by atoms with Crippen LogP contribution in [-0.4, -0.2) is 41.7 Å². The van der Waals surface area contributed by atoms with E-state index in [1.807, 2.05) is 6.92 Å². The first-order chi connectivity index (χ1) is 8.60. The van der Waals surface area contributed by atoms with Gasteiger partial charge < -0.3 is 25.4 Å².